The summed E-state index contributed by atoms with van der Waals surface area (Å²) in [6.07, 6.45) is 0. The van der Waals surface area contributed by atoms with Gasteiger partial charge in [-0.1, -0.05) is 12.1 Å². The number of benzene rings is 2. The number of nitrogen functional groups attached to an aromatic ring is 1. The minimum Gasteiger partial charge on any atom is -0.369 e. The van der Waals surface area contributed by atoms with E-state index in [0.717, 1.165) is 21.2 Å². The zero-order valence-electron chi connectivity index (χ0n) is 10.5. The molecule has 1 heterocycles. The van der Waals surface area contributed by atoms with Gasteiger partial charge in [0.15, 0.2) is 0 Å². The van der Waals surface area contributed by atoms with Gasteiger partial charge in [-0.05, 0) is 56.5 Å². The highest BCUT2D eigenvalue weighted by atomic mass is 79.9. The fourth-order valence-corrected chi connectivity index (χ4v) is 2.92. The lowest BCUT2D eigenvalue weighted by Crippen LogP contribution is -2.02. The minimum atomic E-state index is -0.356. The van der Waals surface area contributed by atoms with Crippen LogP contribution in [0.2, 0.25) is 0 Å². The second-order valence-corrected chi connectivity index (χ2v) is 6.12. The number of hydrogen-bond donors (Lipinski definition) is 1. The Hall–Kier alpha value is -1.40. The summed E-state index contributed by atoms with van der Waals surface area (Å²) < 4.78 is 16.7. The molecule has 0 unspecified atom stereocenters. The molecular weight excluding hydrogens is 389 g/mol. The lowest BCUT2D eigenvalue weighted by Gasteiger charge is -2.11. The van der Waals surface area contributed by atoms with Gasteiger partial charge in [-0.3, -0.25) is 4.57 Å². The molecule has 0 saturated heterocycles. The fraction of sp³-hybridized carbons (Fsp3) is 0.0714. The van der Waals surface area contributed by atoms with Crippen LogP contribution in [-0.4, -0.2) is 9.55 Å². The SMILES string of the molecule is Cc1cccc(-n2c(N)nc3cc(F)c(Br)cc32)c1Br. The third-order valence-electron chi connectivity index (χ3n) is 3.13. The van der Waals surface area contributed by atoms with Crippen LogP contribution in [-0.2, 0) is 0 Å². The number of aromatic nitrogens is 2. The quantitative estimate of drug-likeness (QED) is 0.651. The van der Waals surface area contributed by atoms with Crippen LogP contribution in [0.3, 0.4) is 0 Å². The maximum atomic E-state index is 13.6. The van der Waals surface area contributed by atoms with E-state index >= 15 is 0 Å². The van der Waals surface area contributed by atoms with Gasteiger partial charge in [0.25, 0.3) is 0 Å². The van der Waals surface area contributed by atoms with E-state index < -0.39 is 0 Å². The number of anilines is 1. The summed E-state index contributed by atoms with van der Waals surface area (Å²) >= 11 is 6.76. The van der Waals surface area contributed by atoms with E-state index in [1.54, 1.807) is 10.6 Å². The third-order valence-corrected chi connectivity index (χ3v) is 4.77. The Bertz CT molecular complexity index is 827. The Morgan fingerprint density at radius 2 is 2.00 bits per heavy atom. The van der Waals surface area contributed by atoms with E-state index in [2.05, 4.69) is 36.8 Å². The molecule has 0 fully saturated rings. The summed E-state index contributed by atoms with van der Waals surface area (Å²) in [4.78, 5) is 4.22. The molecular formula is C14H10Br2FN3. The van der Waals surface area contributed by atoms with Crippen molar-refractivity contribution in [2.75, 3.05) is 5.73 Å². The average molecular weight is 399 g/mol. The molecule has 0 spiro atoms. The molecule has 2 aromatic carbocycles. The van der Waals surface area contributed by atoms with Crippen molar-refractivity contribution in [2.45, 2.75) is 6.92 Å². The van der Waals surface area contributed by atoms with Crippen molar-refractivity contribution < 1.29 is 4.39 Å². The largest absolute Gasteiger partial charge is 0.369 e. The molecule has 20 heavy (non-hydrogen) atoms. The predicted octanol–water partition coefficient (Wildman–Crippen LogP) is 4.58. The first kappa shape index (κ1) is 13.6. The molecule has 102 valence electrons. The minimum absolute atomic E-state index is 0.323. The van der Waals surface area contributed by atoms with Crippen LogP contribution in [0, 0.1) is 12.7 Å². The predicted molar refractivity (Wildman–Crippen MR) is 85.6 cm³/mol. The number of nitrogens with zero attached hydrogens (tertiary/aromatic N) is 2. The second kappa shape index (κ2) is 4.86. The summed E-state index contributed by atoms with van der Waals surface area (Å²) in [6, 6.07) is 8.93. The Balaban J connectivity index is 2.39. The first-order valence-corrected chi connectivity index (χ1v) is 7.46. The second-order valence-electron chi connectivity index (χ2n) is 4.47. The van der Waals surface area contributed by atoms with Crippen molar-refractivity contribution in [2.24, 2.45) is 0 Å². The van der Waals surface area contributed by atoms with Crippen LogP contribution < -0.4 is 5.73 Å². The molecule has 0 bridgehead atoms. The fourth-order valence-electron chi connectivity index (χ4n) is 2.15. The summed E-state index contributed by atoms with van der Waals surface area (Å²) in [5.74, 6) is -0.0331. The lowest BCUT2D eigenvalue weighted by atomic mass is 10.2. The van der Waals surface area contributed by atoms with E-state index in [1.807, 2.05) is 25.1 Å². The van der Waals surface area contributed by atoms with Crippen molar-refractivity contribution in [1.29, 1.82) is 0 Å². The van der Waals surface area contributed by atoms with Crippen LogP contribution in [0.15, 0.2) is 39.3 Å². The monoisotopic (exact) mass is 397 g/mol. The molecule has 2 N–H and O–H groups in total. The molecule has 0 radical (unpaired) electrons. The van der Waals surface area contributed by atoms with Gasteiger partial charge in [-0.2, -0.15) is 0 Å². The summed E-state index contributed by atoms with van der Waals surface area (Å²) in [5, 5.41) is 0. The first-order chi connectivity index (χ1) is 9.49. The van der Waals surface area contributed by atoms with Gasteiger partial charge >= 0.3 is 0 Å². The van der Waals surface area contributed by atoms with Crippen LogP contribution in [0.5, 0.6) is 0 Å². The third kappa shape index (κ3) is 2.03. The first-order valence-electron chi connectivity index (χ1n) is 5.87. The Morgan fingerprint density at radius 1 is 1.25 bits per heavy atom. The van der Waals surface area contributed by atoms with Crippen LogP contribution >= 0.6 is 31.9 Å². The molecule has 0 atom stereocenters. The van der Waals surface area contributed by atoms with Gasteiger partial charge < -0.3 is 5.73 Å². The Morgan fingerprint density at radius 3 is 2.75 bits per heavy atom. The van der Waals surface area contributed by atoms with E-state index in [9.17, 15) is 4.39 Å². The van der Waals surface area contributed by atoms with Crippen LogP contribution in [0.1, 0.15) is 5.56 Å². The Kier molecular flexibility index (Phi) is 3.30. The normalized spacial score (nSPS) is 11.2. The molecule has 3 rings (SSSR count). The Labute approximate surface area is 131 Å². The van der Waals surface area contributed by atoms with E-state index in [-0.39, 0.29) is 5.82 Å². The lowest BCUT2D eigenvalue weighted by molar-refractivity contribution is 0.623. The van der Waals surface area contributed by atoms with E-state index in [1.165, 1.54) is 6.07 Å². The molecule has 0 aliphatic rings. The smallest absolute Gasteiger partial charge is 0.205 e. The molecule has 3 nitrogen and oxygen atoms in total. The molecule has 1 aromatic heterocycles. The summed E-state index contributed by atoms with van der Waals surface area (Å²) in [5.41, 5.74) is 9.24. The van der Waals surface area contributed by atoms with Crippen molar-refractivity contribution in [3.8, 4) is 5.69 Å². The molecule has 6 heteroatoms. The number of nitrogens with two attached hydrogens (primary N) is 1. The number of hydrogen-bond acceptors (Lipinski definition) is 2. The number of fused-ring (bicyclic) bond motifs is 1. The highest BCUT2D eigenvalue weighted by Crippen LogP contribution is 2.32. The van der Waals surface area contributed by atoms with Crippen LogP contribution in [0.4, 0.5) is 10.3 Å². The average Bonchev–Trinajstić information content (AvgIpc) is 2.69. The van der Waals surface area contributed by atoms with Crippen molar-refractivity contribution >= 4 is 48.8 Å². The molecule has 3 aromatic rings. The van der Waals surface area contributed by atoms with Crippen molar-refractivity contribution in [1.82, 2.24) is 9.55 Å². The number of rotatable bonds is 1. The van der Waals surface area contributed by atoms with Gasteiger partial charge in [-0.25, -0.2) is 9.37 Å². The molecule has 0 aliphatic heterocycles. The summed E-state index contributed by atoms with van der Waals surface area (Å²) in [7, 11) is 0. The van der Waals surface area contributed by atoms with Crippen molar-refractivity contribution in [3.63, 3.8) is 0 Å². The van der Waals surface area contributed by atoms with Gasteiger partial charge in [-0.15, -0.1) is 0 Å². The number of halogens is 3. The maximum absolute atomic E-state index is 13.6. The highest BCUT2D eigenvalue weighted by molar-refractivity contribution is 9.10. The standard InChI is InChI=1S/C14H10Br2FN3/c1-7-3-2-4-11(13(7)16)20-12-5-8(15)9(17)6-10(12)19-14(20)18/h2-6H,1H3,(H2,18,19). The number of imidazole rings is 1. The van der Waals surface area contributed by atoms with Crippen LogP contribution in [0.25, 0.3) is 16.7 Å². The molecule has 0 saturated carbocycles. The zero-order valence-corrected chi connectivity index (χ0v) is 13.7. The maximum Gasteiger partial charge on any atom is 0.205 e. The zero-order chi connectivity index (χ0) is 14.4. The van der Waals surface area contributed by atoms with E-state index in [0.29, 0.717) is 15.9 Å². The van der Waals surface area contributed by atoms with Crippen molar-refractivity contribution in [3.05, 3.63) is 50.7 Å². The van der Waals surface area contributed by atoms with E-state index in [4.69, 9.17) is 5.73 Å². The molecule has 0 amide bonds. The summed E-state index contributed by atoms with van der Waals surface area (Å²) in [6.45, 7) is 2.00. The number of aryl methyl sites for hydroxylation is 1. The van der Waals surface area contributed by atoms with Gasteiger partial charge in [0.2, 0.25) is 5.95 Å². The van der Waals surface area contributed by atoms with Gasteiger partial charge in [0.1, 0.15) is 5.82 Å². The van der Waals surface area contributed by atoms with Gasteiger partial charge in [0.05, 0.1) is 21.2 Å². The highest BCUT2D eigenvalue weighted by Gasteiger charge is 2.15. The van der Waals surface area contributed by atoms with Gasteiger partial charge in [0, 0.05) is 10.5 Å². The topological polar surface area (TPSA) is 43.8 Å². The molecule has 0 aliphatic carbocycles.